The van der Waals surface area contributed by atoms with E-state index in [1.54, 1.807) is 13.8 Å². The van der Waals surface area contributed by atoms with E-state index in [2.05, 4.69) is 26.4 Å². The number of nitrogens with zero attached hydrogens (tertiary/aromatic N) is 1. The fourth-order valence-corrected chi connectivity index (χ4v) is 1.70. The predicted octanol–water partition coefficient (Wildman–Crippen LogP) is 1.84. The molecule has 0 spiro atoms. The molecular formula is C11H13BrFN3O2. The molecule has 0 aliphatic heterocycles. The Labute approximate surface area is 112 Å². The summed E-state index contributed by atoms with van der Waals surface area (Å²) in [5.41, 5.74) is 4.54. The maximum atomic E-state index is 13.1. The Bertz CT molecular complexity index is 483. The summed E-state index contributed by atoms with van der Waals surface area (Å²) < 4.78 is 13.6. The van der Waals surface area contributed by atoms with Gasteiger partial charge in [-0.05, 0) is 32.0 Å². The first kappa shape index (κ1) is 14.4. The van der Waals surface area contributed by atoms with Gasteiger partial charge < -0.3 is 16.3 Å². The summed E-state index contributed by atoms with van der Waals surface area (Å²) >= 11 is 3.10. The van der Waals surface area contributed by atoms with E-state index in [1.165, 1.54) is 12.1 Å². The van der Waals surface area contributed by atoms with Crippen LogP contribution in [-0.4, -0.2) is 22.5 Å². The quantitative estimate of drug-likeness (QED) is 0.344. The number of halogens is 2. The Kier molecular flexibility index (Phi) is 4.28. The topological polar surface area (TPSA) is 87.7 Å². The van der Waals surface area contributed by atoms with Crippen molar-refractivity contribution in [1.29, 1.82) is 0 Å². The fourth-order valence-electron chi connectivity index (χ4n) is 1.23. The first-order valence-corrected chi connectivity index (χ1v) is 5.82. The maximum Gasteiger partial charge on any atom is 0.252 e. The monoisotopic (exact) mass is 317 g/mol. The van der Waals surface area contributed by atoms with Crippen LogP contribution in [0, 0.1) is 5.82 Å². The van der Waals surface area contributed by atoms with Crippen molar-refractivity contribution in [2.24, 2.45) is 10.9 Å². The number of hydrogen-bond acceptors (Lipinski definition) is 3. The number of hydrogen-bond donors (Lipinski definition) is 3. The average molecular weight is 318 g/mol. The second-order valence-electron chi connectivity index (χ2n) is 4.22. The SMILES string of the molecule is CC(C)(NC(=O)c1cc(F)cc(Br)c1)/C(N)=N/O. The lowest BCUT2D eigenvalue weighted by atomic mass is 10.0. The van der Waals surface area contributed by atoms with Crippen LogP contribution in [0.25, 0.3) is 0 Å². The van der Waals surface area contributed by atoms with Crippen molar-refractivity contribution in [3.8, 4) is 0 Å². The largest absolute Gasteiger partial charge is 0.409 e. The lowest BCUT2D eigenvalue weighted by Gasteiger charge is -2.24. The minimum absolute atomic E-state index is 0.140. The third-order valence-electron chi connectivity index (χ3n) is 2.30. The van der Waals surface area contributed by atoms with Crippen molar-refractivity contribution in [1.82, 2.24) is 5.32 Å². The Balaban J connectivity index is 2.95. The van der Waals surface area contributed by atoms with E-state index in [-0.39, 0.29) is 11.4 Å². The highest BCUT2D eigenvalue weighted by atomic mass is 79.9. The summed E-state index contributed by atoms with van der Waals surface area (Å²) in [6.07, 6.45) is 0. The van der Waals surface area contributed by atoms with E-state index in [9.17, 15) is 9.18 Å². The van der Waals surface area contributed by atoms with Crippen molar-refractivity contribution < 1.29 is 14.4 Å². The summed E-state index contributed by atoms with van der Waals surface area (Å²) in [7, 11) is 0. The zero-order valence-electron chi connectivity index (χ0n) is 9.87. The molecule has 18 heavy (non-hydrogen) atoms. The molecule has 7 heteroatoms. The third kappa shape index (κ3) is 3.43. The number of carbonyl (C=O) groups is 1. The molecule has 4 N–H and O–H groups in total. The zero-order valence-corrected chi connectivity index (χ0v) is 11.5. The molecule has 0 aromatic heterocycles. The normalized spacial score (nSPS) is 12.3. The molecule has 0 bridgehead atoms. The van der Waals surface area contributed by atoms with Gasteiger partial charge in [0.25, 0.3) is 5.91 Å². The summed E-state index contributed by atoms with van der Waals surface area (Å²) in [5.74, 6) is -1.20. The molecule has 98 valence electrons. The number of benzene rings is 1. The molecule has 5 nitrogen and oxygen atoms in total. The smallest absolute Gasteiger partial charge is 0.252 e. The standard InChI is InChI=1S/C11H13BrFN3O2/c1-11(2,10(14)16-18)15-9(17)6-3-7(12)5-8(13)4-6/h3-5,18H,1-2H3,(H2,14,16)(H,15,17). The fraction of sp³-hybridized carbons (Fsp3) is 0.273. The van der Waals surface area contributed by atoms with Crippen molar-refractivity contribution >= 4 is 27.7 Å². The van der Waals surface area contributed by atoms with Crippen LogP contribution < -0.4 is 11.1 Å². The molecule has 1 aromatic rings. The van der Waals surface area contributed by atoms with Crippen molar-refractivity contribution in [2.45, 2.75) is 19.4 Å². The summed E-state index contributed by atoms with van der Waals surface area (Å²) in [6.45, 7) is 3.13. The number of amides is 1. The summed E-state index contributed by atoms with van der Waals surface area (Å²) in [4.78, 5) is 11.9. The average Bonchev–Trinajstić information content (AvgIpc) is 2.25. The minimum atomic E-state index is -1.04. The Morgan fingerprint density at radius 1 is 1.50 bits per heavy atom. The lowest BCUT2D eigenvalue weighted by molar-refractivity contribution is 0.0930. The van der Waals surface area contributed by atoms with E-state index in [4.69, 9.17) is 10.9 Å². The van der Waals surface area contributed by atoms with E-state index in [0.29, 0.717) is 4.47 Å². The minimum Gasteiger partial charge on any atom is -0.409 e. The van der Waals surface area contributed by atoms with E-state index in [0.717, 1.165) is 6.07 Å². The number of amidine groups is 1. The molecule has 0 fully saturated rings. The molecule has 0 unspecified atom stereocenters. The second kappa shape index (κ2) is 5.34. The van der Waals surface area contributed by atoms with Gasteiger partial charge in [-0.25, -0.2) is 4.39 Å². The Morgan fingerprint density at radius 2 is 2.11 bits per heavy atom. The number of carbonyl (C=O) groups excluding carboxylic acids is 1. The second-order valence-corrected chi connectivity index (χ2v) is 5.14. The van der Waals surface area contributed by atoms with Gasteiger partial charge in [0, 0.05) is 10.0 Å². The van der Waals surface area contributed by atoms with Crippen LogP contribution in [-0.2, 0) is 0 Å². The molecule has 1 rings (SSSR count). The van der Waals surface area contributed by atoms with Crippen LogP contribution in [0.15, 0.2) is 27.8 Å². The number of nitrogens with one attached hydrogen (secondary N) is 1. The molecule has 1 aromatic carbocycles. The molecule has 0 aliphatic carbocycles. The van der Waals surface area contributed by atoms with E-state index < -0.39 is 17.3 Å². The lowest BCUT2D eigenvalue weighted by Crippen LogP contribution is -2.53. The molecule has 0 saturated carbocycles. The van der Waals surface area contributed by atoms with Gasteiger partial charge in [0.05, 0.1) is 5.54 Å². The molecule has 1 amide bonds. The van der Waals surface area contributed by atoms with Crippen molar-refractivity contribution in [3.05, 3.63) is 34.1 Å². The zero-order chi connectivity index (χ0) is 13.9. The van der Waals surface area contributed by atoms with Gasteiger partial charge in [0.1, 0.15) is 5.82 Å². The van der Waals surface area contributed by atoms with Gasteiger partial charge in [-0.2, -0.15) is 0 Å². The van der Waals surface area contributed by atoms with Gasteiger partial charge >= 0.3 is 0 Å². The highest BCUT2D eigenvalue weighted by Gasteiger charge is 2.26. The molecule has 0 saturated heterocycles. The van der Waals surface area contributed by atoms with Crippen LogP contribution in [0.2, 0.25) is 0 Å². The number of rotatable bonds is 3. The van der Waals surface area contributed by atoms with Crippen molar-refractivity contribution in [3.63, 3.8) is 0 Å². The highest BCUT2D eigenvalue weighted by Crippen LogP contribution is 2.15. The number of oxime groups is 1. The molecule has 0 radical (unpaired) electrons. The first-order valence-electron chi connectivity index (χ1n) is 5.03. The first-order chi connectivity index (χ1) is 8.26. The molecule has 0 atom stereocenters. The number of nitrogens with two attached hydrogens (primary N) is 1. The summed E-state index contributed by atoms with van der Waals surface area (Å²) in [5, 5.41) is 14.0. The van der Waals surface area contributed by atoms with Crippen LogP contribution >= 0.6 is 15.9 Å². The highest BCUT2D eigenvalue weighted by molar-refractivity contribution is 9.10. The molecule has 0 heterocycles. The van der Waals surface area contributed by atoms with Crippen LogP contribution in [0.3, 0.4) is 0 Å². The van der Waals surface area contributed by atoms with Gasteiger partial charge in [-0.1, -0.05) is 21.1 Å². The third-order valence-corrected chi connectivity index (χ3v) is 2.76. The Hall–Kier alpha value is -1.63. The summed E-state index contributed by atoms with van der Waals surface area (Å²) in [6, 6.07) is 3.81. The van der Waals surface area contributed by atoms with Gasteiger partial charge in [0.15, 0.2) is 5.84 Å². The predicted molar refractivity (Wildman–Crippen MR) is 69.1 cm³/mol. The van der Waals surface area contributed by atoms with Gasteiger partial charge in [-0.3, -0.25) is 4.79 Å². The Morgan fingerprint density at radius 3 is 2.61 bits per heavy atom. The van der Waals surface area contributed by atoms with Crippen LogP contribution in [0.5, 0.6) is 0 Å². The maximum absolute atomic E-state index is 13.1. The van der Waals surface area contributed by atoms with E-state index in [1.807, 2.05) is 0 Å². The van der Waals surface area contributed by atoms with Crippen LogP contribution in [0.4, 0.5) is 4.39 Å². The van der Waals surface area contributed by atoms with Gasteiger partial charge in [0.2, 0.25) is 0 Å². The molecule has 0 aliphatic rings. The van der Waals surface area contributed by atoms with Crippen molar-refractivity contribution in [2.75, 3.05) is 0 Å². The van der Waals surface area contributed by atoms with Crippen LogP contribution in [0.1, 0.15) is 24.2 Å². The van der Waals surface area contributed by atoms with Gasteiger partial charge in [-0.15, -0.1) is 0 Å². The molecular weight excluding hydrogens is 305 g/mol. The van der Waals surface area contributed by atoms with E-state index >= 15 is 0 Å².